The Morgan fingerprint density at radius 1 is 1.47 bits per heavy atom. The van der Waals surface area contributed by atoms with Crippen LogP contribution >= 0.6 is 0 Å². The molecule has 0 aliphatic carbocycles. The van der Waals surface area contributed by atoms with E-state index in [4.69, 9.17) is 0 Å². The number of hydrogen-bond acceptors (Lipinski definition) is 4. The molecule has 96 valence electrons. The SMILES string of the molecule is CCNC(CO)CN(C)CCc1ccccn1. The van der Waals surface area contributed by atoms with E-state index in [9.17, 15) is 5.11 Å². The highest BCUT2D eigenvalue weighted by Crippen LogP contribution is 1.97. The molecule has 0 bridgehead atoms. The van der Waals surface area contributed by atoms with E-state index in [-0.39, 0.29) is 12.6 Å². The van der Waals surface area contributed by atoms with Gasteiger partial charge in [0, 0.05) is 37.4 Å². The van der Waals surface area contributed by atoms with Gasteiger partial charge in [-0.2, -0.15) is 0 Å². The van der Waals surface area contributed by atoms with Gasteiger partial charge in [0.1, 0.15) is 0 Å². The van der Waals surface area contributed by atoms with Gasteiger partial charge in [-0.1, -0.05) is 13.0 Å². The number of aliphatic hydroxyl groups is 1. The number of hydrogen-bond donors (Lipinski definition) is 2. The fourth-order valence-corrected chi connectivity index (χ4v) is 1.79. The summed E-state index contributed by atoms with van der Waals surface area (Å²) in [5, 5.41) is 12.4. The zero-order chi connectivity index (χ0) is 12.5. The number of nitrogens with zero attached hydrogens (tertiary/aromatic N) is 2. The summed E-state index contributed by atoms with van der Waals surface area (Å²) in [4.78, 5) is 6.52. The first-order valence-corrected chi connectivity index (χ1v) is 6.19. The van der Waals surface area contributed by atoms with E-state index in [1.165, 1.54) is 0 Å². The van der Waals surface area contributed by atoms with Crippen LogP contribution in [0.15, 0.2) is 24.4 Å². The number of likely N-dealkylation sites (N-methyl/N-ethyl adjacent to an activating group) is 2. The van der Waals surface area contributed by atoms with Gasteiger partial charge in [0.25, 0.3) is 0 Å². The Bertz CT molecular complexity index is 292. The van der Waals surface area contributed by atoms with E-state index in [0.29, 0.717) is 0 Å². The summed E-state index contributed by atoms with van der Waals surface area (Å²) in [5.74, 6) is 0. The molecule has 0 aliphatic heterocycles. The molecule has 1 aromatic rings. The third kappa shape index (κ3) is 5.77. The monoisotopic (exact) mass is 237 g/mol. The normalized spacial score (nSPS) is 12.9. The van der Waals surface area contributed by atoms with Gasteiger partial charge in [-0.05, 0) is 25.7 Å². The Morgan fingerprint density at radius 2 is 2.29 bits per heavy atom. The van der Waals surface area contributed by atoms with Crippen LogP contribution in [0.5, 0.6) is 0 Å². The van der Waals surface area contributed by atoms with Crippen molar-refractivity contribution in [1.82, 2.24) is 15.2 Å². The first-order chi connectivity index (χ1) is 8.26. The summed E-state index contributed by atoms with van der Waals surface area (Å²) in [6, 6.07) is 6.15. The van der Waals surface area contributed by atoms with Crippen LogP contribution in [0.25, 0.3) is 0 Å². The minimum Gasteiger partial charge on any atom is -0.395 e. The van der Waals surface area contributed by atoms with Gasteiger partial charge >= 0.3 is 0 Å². The Morgan fingerprint density at radius 3 is 2.88 bits per heavy atom. The number of rotatable bonds is 8. The Kier molecular flexibility index (Phi) is 6.77. The molecule has 1 rings (SSSR count). The summed E-state index contributed by atoms with van der Waals surface area (Å²) in [6.45, 7) is 4.94. The van der Waals surface area contributed by atoms with Crippen LogP contribution in [0.1, 0.15) is 12.6 Å². The first kappa shape index (κ1) is 14.1. The van der Waals surface area contributed by atoms with E-state index in [1.54, 1.807) is 0 Å². The molecule has 1 unspecified atom stereocenters. The van der Waals surface area contributed by atoms with Crippen molar-refractivity contribution in [2.24, 2.45) is 0 Å². The zero-order valence-corrected chi connectivity index (χ0v) is 10.8. The molecule has 0 amide bonds. The number of pyridine rings is 1. The van der Waals surface area contributed by atoms with Crippen LogP contribution in [-0.4, -0.2) is 54.3 Å². The quantitative estimate of drug-likeness (QED) is 0.692. The van der Waals surface area contributed by atoms with Crippen molar-refractivity contribution >= 4 is 0 Å². The highest BCUT2D eigenvalue weighted by Gasteiger charge is 2.09. The van der Waals surface area contributed by atoms with Gasteiger partial charge in [0.05, 0.1) is 6.61 Å². The molecular formula is C13H23N3O. The van der Waals surface area contributed by atoms with E-state index in [2.05, 4.69) is 29.2 Å². The van der Waals surface area contributed by atoms with Crippen molar-refractivity contribution in [3.63, 3.8) is 0 Å². The second-order valence-corrected chi connectivity index (χ2v) is 4.27. The van der Waals surface area contributed by atoms with E-state index >= 15 is 0 Å². The molecule has 2 N–H and O–H groups in total. The lowest BCUT2D eigenvalue weighted by Crippen LogP contribution is -2.42. The van der Waals surface area contributed by atoms with E-state index in [1.807, 2.05) is 24.4 Å². The lowest BCUT2D eigenvalue weighted by atomic mass is 10.2. The molecule has 17 heavy (non-hydrogen) atoms. The average molecular weight is 237 g/mol. The molecule has 0 fully saturated rings. The fraction of sp³-hybridized carbons (Fsp3) is 0.615. The summed E-state index contributed by atoms with van der Waals surface area (Å²) >= 11 is 0. The number of aromatic nitrogens is 1. The topological polar surface area (TPSA) is 48.4 Å². The zero-order valence-electron chi connectivity index (χ0n) is 10.8. The lowest BCUT2D eigenvalue weighted by Gasteiger charge is -2.23. The molecule has 4 nitrogen and oxygen atoms in total. The Labute approximate surface area is 104 Å². The molecule has 0 saturated heterocycles. The third-order valence-corrected chi connectivity index (χ3v) is 2.72. The number of aliphatic hydroxyl groups excluding tert-OH is 1. The Hall–Kier alpha value is -0.970. The molecule has 1 atom stereocenters. The molecule has 4 heteroatoms. The van der Waals surface area contributed by atoms with Crippen LogP contribution in [-0.2, 0) is 6.42 Å². The predicted molar refractivity (Wildman–Crippen MR) is 70.0 cm³/mol. The summed E-state index contributed by atoms with van der Waals surface area (Å²) in [7, 11) is 2.07. The van der Waals surface area contributed by atoms with Crippen molar-refractivity contribution in [1.29, 1.82) is 0 Å². The third-order valence-electron chi connectivity index (χ3n) is 2.72. The van der Waals surface area contributed by atoms with Crippen molar-refractivity contribution in [2.45, 2.75) is 19.4 Å². The van der Waals surface area contributed by atoms with Crippen LogP contribution in [0, 0.1) is 0 Å². The standard InChI is InChI=1S/C13H23N3O/c1-3-14-13(11-17)10-16(2)9-7-12-6-4-5-8-15-12/h4-6,8,13-14,17H,3,7,9-11H2,1-2H3. The average Bonchev–Trinajstić information content (AvgIpc) is 2.37. The molecule has 0 saturated carbocycles. The number of nitrogens with one attached hydrogen (secondary N) is 1. The van der Waals surface area contributed by atoms with Crippen molar-refractivity contribution in [2.75, 3.05) is 33.3 Å². The van der Waals surface area contributed by atoms with Crippen molar-refractivity contribution in [3.05, 3.63) is 30.1 Å². The molecular weight excluding hydrogens is 214 g/mol. The summed E-state index contributed by atoms with van der Waals surface area (Å²) in [6.07, 6.45) is 2.77. The van der Waals surface area contributed by atoms with E-state index in [0.717, 1.165) is 31.7 Å². The minimum absolute atomic E-state index is 0.161. The van der Waals surface area contributed by atoms with Crippen LogP contribution in [0.4, 0.5) is 0 Å². The molecule has 0 spiro atoms. The second kappa shape index (κ2) is 8.17. The first-order valence-electron chi connectivity index (χ1n) is 6.19. The predicted octanol–water partition coefficient (Wildman–Crippen LogP) is 0.526. The lowest BCUT2D eigenvalue weighted by molar-refractivity contribution is 0.201. The fourth-order valence-electron chi connectivity index (χ4n) is 1.79. The second-order valence-electron chi connectivity index (χ2n) is 4.27. The molecule has 1 aromatic heterocycles. The summed E-state index contributed by atoms with van der Waals surface area (Å²) in [5.41, 5.74) is 1.11. The molecule has 1 heterocycles. The maximum Gasteiger partial charge on any atom is 0.0597 e. The van der Waals surface area contributed by atoms with Gasteiger partial charge in [-0.3, -0.25) is 4.98 Å². The summed E-state index contributed by atoms with van der Waals surface area (Å²) < 4.78 is 0. The van der Waals surface area contributed by atoms with Gasteiger partial charge in [-0.25, -0.2) is 0 Å². The van der Waals surface area contributed by atoms with Crippen LogP contribution in [0.2, 0.25) is 0 Å². The molecule has 0 aromatic carbocycles. The smallest absolute Gasteiger partial charge is 0.0597 e. The Balaban J connectivity index is 2.27. The van der Waals surface area contributed by atoms with Crippen LogP contribution < -0.4 is 5.32 Å². The van der Waals surface area contributed by atoms with Crippen molar-refractivity contribution < 1.29 is 5.11 Å². The van der Waals surface area contributed by atoms with Crippen LogP contribution in [0.3, 0.4) is 0 Å². The van der Waals surface area contributed by atoms with Crippen molar-refractivity contribution in [3.8, 4) is 0 Å². The largest absolute Gasteiger partial charge is 0.395 e. The molecule has 0 radical (unpaired) electrons. The van der Waals surface area contributed by atoms with E-state index < -0.39 is 0 Å². The maximum atomic E-state index is 9.19. The molecule has 0 aliphatic rings. The highest BCUT2D eigenvalue weighted by atomic mass is 16.3. The highest BCUT2D eigenvalue weighted by molar-refractivity contribution is 5.03. The maximum absolute atomic E-state index is 9.19. The van der Waals surface area contributed by atoms with Gasteiger partial charge in [0.2, 0.25) is 0 Å². The minimum atomic E-state index is 0.161. The van der Waals surface area contributed by atoms with Gasteiger partial charge in [0.15, 0.2) is 0 Å². The van der Waals surface area contributed by atoms with Gasteiger partial charge in [-0.15, -0.1) is 0 Å². The van der Waals surface area contributed by atoms with Gasteiger partial charge < -0.3 is 15.3 Å².